The summed E-state index contributed by atoms with van der Waals surface area (Å²) in [5, 5.41) is 6.51. The smallest absolute Gasteiger partial charge is 0.191 e. The second-order valence-electron chi connectivity index (χ2n) is 5.44. The normalized spacial score (nSPS) is 11.6. The fraction of sp³-hybridized carbons (Fsp3) is 0.588. The third kappa shape index (κ3) is 7.88. The van der Waals surface area contributed by atoms with Gasteiger partial charge in [0.15, 0.2) is 5.96 Å². The lowest BCUT2D eigenvalue weighted by Gasteiger charge is -2.12. The van der Waals surface area contributed by atoms with Gasteiger partial charge in [0.25, 0.3) is 0 Å². The number of methoxy groups -OCH3 is 1. The van der Waals surface area contributed by atoms with Crippen LogP contribution >= 0.6 is 0 Å². The molecule has 0 saturated carbocycles. The Hall–Kier alpha value is -1.75. The minimum absolute atomic E-state index is 0.565. The number of hydrogen-bond donors (Lipinski definition) is 2. The highest BCUT2D eigenvalue weighted by molar-refractivity contribution is 5.79. The monoisotopic (exact) mass is 307 g/mol. The molecule has 0 saturated heterocycles. The van der Waals surface area contributed by atoms with Gasteiger partial charge in [-0.2, -0.15) is 0 Å². The van der Waals surface area contributed by atoms with Gasteiger partial charge in [-0.25, -0.2) is 4.99 Å². The van der Waals surface area contributed by atoms with Crippen LogP contribution in [0.5, 0.6) is 5.75 Å². The Morgan fingerprint density at radius 1 is 1.27 bits per heavy atom. The molecule has 0 fully saturated rings. The van der Waals surface area contributed by atoms with Gasteiger partial charge in [-0.15, -0.1) is 0 Å². The molecule has 0 radical (unpaired) electrons. The van der Waals surface area contributed by atoms with E-state index in [2.05, 4.69) is 36.4 Å². The Morgan fingerprint density at radius 3 is 2.77 bits per heavy atom. The molecular weight excluding hydrogens is 278 g/mol. The average Bonchev–Trinajstić information content (AvgIpc) is 2.52. The highest BCUT2D eigenvalue weighted by atomic mass is 16.5. The van der Waals surface area contributed by atoms with E-state index in [1.165, 1.54) is 0 Å². The first kappa shape index (κ1) is 18.3. The fourth-order valence-corrected chi connectivity index (χ4v) is 1.84. The molecule has 0 heterocycles. The van der Waals surface area contributed by atoms with Gasteiger partial charge in [0, 0.05) is 19.7 Å². The Kier molecular flexibility index (Phi) is 9.07. The summed E-state index contributed by atoms with van der Waals surface area (Å²) in [6, 6.07) is 7.95. The van der Waals surface area contributed by atoms with Crippen molar-refractivity contribution in [3.8, 4) is 5.75 Å². The van der Waals surface area contributed by atoms with E-state index in [9.17, 15) is 0 Å². The van der Waals surface area contributed by atoms with Crippen molar-refractivity contribution < 1.29 is 9.47 Å². The van der Waals surface area contributed by atoms with Gasteiger partial charge in [-0.05, 0) is 30.5 Å². The average molecular weight is 307 g/mol. The highest BCUT2D eigenvalue weighted by Gasteiger charge is 1.99. The first-order valence-corrected chi connectivity index (χ1v) is 7.88. The maximum atomic E-state index is 5.55. The van der Waals surface area contributed by atoms with Crippen LogP contribution in [0.2, 0.25) is 0 Å². The van der Waals surface area contributed by atoms with E-state index in [1.807, 2.05) is 24.3 Å². The number of aliphatic imine (C=N–C) groups is 1. The van der Waals surface area contributed by atoms with Gasteiger partial charge < -0.3 is 20.1 Å². The van der Waals surface area contributed by atoms with Crippen molar-refractivity contribution in [3.63, 3.8) is 0 Å². The van der Waals surface area contributed by atoms with E-state index in [0.29, 0.717) is 19.1 Å². The molecule has 5 heteroatoms. The van der Waals surface area contributed by atoms with Gasteiger partial charge in [0.05, 0.1) is 20.3 Å². The van der Waals surface area contributed by atoms with Crippen molar-refractivity contribution in [2.24, 2.45) is 10.9 Å². The lowest BCUT2D eigenvalue weighted by molar-refractivity contribution is 0.114. The van der Waals surface area contributed by atoms with Crippen LogP contribution in [0.15, 0.2) is 29.3 Å². The second-order valence-corrected chi connectivity index (χ2v) is 5.44. The standard InChI is InChI=1S/C17H29N3O2/c1-5-18-17(19-9-10-22-13-14(2)3)20-12-15-7-6-8-16(11-15)21-4/h6-8,11,14H,5,9-10,12-13H2,1-4H3,(H2,18,19,20). The number of benzene rings is 1. The molecule has 2 N–H and O–H groups in total. The van der Waals surface area contributed by atoms with Crippen molar-refractivity contribution in [3.05, 3.63) is 29.8 Å². The van der Waals surface area contributed by atoms with Crippen molar-refractivity contribution >= 4 is 5.96 Å². The Labute approximate surface area is 134 Å². The van der Waals surface area contributed by atoms with Crippen LogP contribution in [-0.4, -0.2) is 39.4 Å². The number of guanidine groups is 1. The topological polar surface area (TPSA) is 54.9 Å². The fourth-order valence-electron chi connectivity index (χ4n) is 1.84. The molecule has 0 aliphatic carbocycles. The van der Waals surface area contributed by atoms with Gasteiger partial charge in [-0.1, -0.05) is 26.0 Å². The summed E-state index contributed by atoms with van der Waals surface area (Å²) in [5.74, 6) is 2.22. The summed E-state index contributed by atoms with van der Waals surface area (Å²) < 4.78 is 10.8. The molecule has 0 bridgehead atoms. The largest absolute Gasteiger partial charge is 0.497 e. The number of nitrogens with one attached hydrogen (secondary N) is 2. The van der Waals surface area contributed by atoms with E-state index in [1.54, 1.807) is 7.11 Å². The van der Waals surface area contributed by atoms with Crippen molar-refractivity contribution in [2.45, 2.75) is 27.3 Å². The minimum atomic E-state index is 0.565. The predicted molar refractivity (Wildman–Crippen MR) is 91.5 cm³/mol. The van der Waals surface area contributed by atoms with Crippen LogP contribution in [0, 0.1) is 5.92 Å². The molecule has 0 aromatic heterocycles. The quantitative estimate of drug-likeness (QED) is 0.418. The zero-order valence-corrected chi connectivity index (χ0v) is 14.2. The van der Waals surface area contributed by atoms with Crippen molar-refractivity contribution in [1.29, 1.82) is 0 Å². The summed E-state index contributed by atoms with van der Waals surface area (Å²) in [6.07, 6.45) is 0. The SMILES string of the molecule is CCNC(=NCc1cccc(OC)c1)NCCOCC(C)C. The van der Waals surface area contributed by atoms with Crippen LogP contribution in [0.4, 0.5) is 0 Å². The first-order chi connectivity index (χ1) is 10.7. The molecule has 0 spiro atoms. The molecule has 124 valence electrons. The number of rotatable bonds is 9. The van der Waals surface area contributed by atoms with E-state index in [0.717, 1.165) is 37.0 Å². The molecule has 0 aliphatic heterocycles. The first-order valence-electron chi connectivity index (χ1n) is 7.88. The summed E-state index contributed by atoms with van der Waals surface area (Å²) in [6.45, 7) is 10.0. The summed E-state index contributed by atoms with van der Waals surface area (Å²) in [5.41, 5.74) is 1.12. The van der Waals surface area contributed by atoms with E-state index < -0.39 is 0 Å². The zero-order chi connectivity index (χ0) is 16.2. The third-order valence-electron chi connectivity index (χ3n) is 2.89. The van der Waals surface area contributed by atoms with Crippen molar-refractivity contribution in [2.75, 3.05) is 33.4 Å². The maximum Gasteiger partial charge on any atom is 0.191 e. The van der Waals surface area contributed by atoms with E-state index in [-0.39, 0.29) is 0 Å². The number of nitrogens with zero attached hydrogens (tertiary/aromatic N) is 1. The highest BCUT2D eigenvalue weighted by Crippen LogP contribution is 2.13. The molecule has 5 nitrogen and oxygen atoms in total. The molecule has 0 amide bonds. The Balaban J connectivity index is 2.43. The van der Waals surface area contributed by atoms with Gasteiger partial charge in [-0.3, -0.25) is 0 Å². The molecule has 1 rings (SSSR count). The van der Waals surface area contributed by atoms with E-state index in [4.69, 9.17) is 9.47 Å². The molecule has 0 unspecified atom stereocenters. The third-order valence-corrected chi connectivity index (χ3v) is 2.89. The Morgan fingerprint density at radius 2 is 2.09 bits per heavy atom. The number of ether oxygens (including phenoxy) is 2. The summed E-state index contributed by atoms with van der Waals surface area (Å²) >= 11 is 0. The van der Waals surface area contributed by atoms with Gasteiger partial charge >= 0.3 is 0 Å². The van der Waals surface area contributed by atoms with Crippen molar-refractivity contribution in [1.82, 2.24) is 10.6 Å². The molecule has 0 atom stereocenters. The van der Waals surface area contributed by atoms with Gasteiger partial charge in [0.1, 0.15) is 5.75 Å². The molecule has 1 aromatic carbocycles. The lowest BCUT2D eigenvalue weighted by Crippen LogP contribution is -2.39. The van der Waals surface area contributed by atoms with Crippen LogP contribution in [0.1, 0.15) is 26.3 Å². The zero-order valence-electron chi connectivity index (χ0n) is 14.2. The molecule has 22 heavy (non-hydrogen) atoms. The summed E-state index contributed by atoms with van der Waals surface area (Å²) in [7, 11) is 1.67. The van der Waals surface area contributed by atoms with Crippen LogP contribution < -0.4 is 15.4 Å². The molecule has 0 aliphatic rings. The lowest BCUT2D eigenvalue weighted by atomic mass is 10.2. The van der Waals surface area contributed by atoms with Gasteiger partial charge in [0.2, 0.25) is 0 Å². The second kappa shape index (κ2) is 10.9. The number of hydrogen-bond acceptors (Lipinski definition) is 3. The maximum absolute atomic E-state index is 5.55. The minimum Gasteiger partial charge on any atom is -0.497 e. The predicted octanol–water partition coefficient (Wildman–Crippen LogP) is 2.42. The van der Waals surface area contributed by atoms with Crippen LogP contribution in [-0.2, 0) is 11.3 Å². The van der Waals surface area contributed by atoms with E-state index >= 15 is 0 Å². The summed E-state index contributed by atoms with van der Waals surface area (Å²) in [4.78, 5) is 4.58. The van der Waals surface area contributed by atoms with Crippen LogP contribution in [0.3, 0.4) is 0 Å². The van der Waals surface area contributed by atoms with Crippen LogP contribution in [0.25, 0.3) is 0 Å². The molecular formula is C17H29N3O2. The molecule has 1 aromatic rings. The Bertz CT molecular complexity index is 447.